The lowest BCUT2D eigenvalue weighted by Gasteiger charge is -2.23. The lowest BCUT2D eigenvalue weighted by Crippen LogP contribution is -2.25. The number of methoxy groups -OCH3 is 1. The van der Waals surface area contributed by atoms with E-state index in [2.05, 4.69) is 5.32 Å². The molecule has 2 heterocycles. The van der Waals surface area contributed by atoms with Crippen LogP contribution in [-0.4, -0.2) is 40.8 Å². The van der Waals surface area contributed by atoms with E-state index in [-0.39, 0.29) is 46.8 Å². The molecule has 10 heteroatoms. The van der Waals surface area contributed by atoms with Crippen LogP contribution in [0.4, 0.5) is 15.9 Å². The minimum Gasteiger partial charge on any atom is -0.497 e. The number of ether oxygens (including phenoxy) is 1. The van der Waals surface area contributed by atoms with Gasteiger partial charge in [0.2, 0.25) is 10.0 Å². The van der Waals surface area contributed by atoms with Gasteiger partial charge in [0.15, 0.2) is 5.82 Å². The molecule has 0 bridgehead atoms. The summed E-state index contributed by atoms with van der Waals surface area (Å²) >= 11 is 0. The van der Waals surface area contributed by atoms with Crippen LogP contribution in [0.1, 0.15) is 62.8 Å². The minimum absolute atomic E-state index is 0.00553. The number of aliphatic hydroxyl groups excluding tert-OH is 1. The average molecular weight is 529 g/mol. The molecule has 37 heavy (non-hydrogen) atoms. The van der Waals surface area contributed by atoms with E-state index >= 15 is 4.39 Å². The second-order valence-corrected chi connectivity index (χ2v) is 12.8. The lowest BCUT2D eigenvalue weighted by molar-refractivity contribution is 0.181. The Morgan fingerprint density at radius 1 is 1.16 bits per heavy atom. The Labute approximate surface area is 217 Å². The van der Waals surface area contributed by atoms with E-state index in [1.54, 1.807) is 31.4 Å². The SMILES string of the molecule is COc1ccc(CN2Cc3c(ccc(Nc4cc(C5CCC(O)C5)nn4C(C)(C)C)c3F)S2(=O)=O)cc1. The molecule has 0 amide bonds. The van der Waals surface area contributed by atoms with Crippen LogP contribution in [0.15, 0.2) is 47.4 Å². The van der Waals surface area contributed by atoms with Gasteiger partial charge in [-0.2, -0.15) is 9.40 Å². The van der Waals surface area contributed by atoms with Crippen LogP contribution >= 0.6 is 0 Å². The zero-order chi connectivity index (χ0) is 26.5. The molecule has 2 N–H and O–H groups in total. The predicted octanol–water partition coefficient (Wildman–Crippen LogP) is 4.86. The van der Waals surface area contributed by atoms with Crippen molar-refractivity contribution in [1.82, 2.24) is 14.1 Å². The Bertz CT molecular complexity index is 1410. The molecule has 1 saturated carbocycles. The monoisotopic (exact) mass is 528 g/mol. The molecule has 8 nitrogen and oxygen atoms in total. The van der Waals surface area contributed by atoms with Crippen molar-refractivity contribution >= 4 is 21.5 Å². The van der Waals surface area contributed by atoms with E-state index in [1.807, 2.05) is 31.5 Å². The molecule has 5 rings (SSSR count). The van der Waals surface area contributed by atoms with Crippen LogP contribution < -0.4 is 10.1 Å². The maximum absolute atomic E-state index is 15.8. The molecule has 1 fully saturated rings. The number of aliphatic hydroxyl groups is 1. The van der Waals surface area contributed by atoms with Gasteiger partial charge in [-0.05, 0) is 69.9 Å². The molecule has 1 aromatic heterocycles. The van der Waals surface area contributed by atoms with Crippen LogP contribution in [-0.2, 0) is 28.7 Å². The van der Waals surface area contributed by atoms with Crippen molar-refractivity contribution in [2.24, 2.45) is 0 Å². The largest absolute Gasteiger partial charge is 0.497 e. The Morgan fingerprint density at radius 2 is 1.89 bits per heavy atom. The summed E-state index contributed by atoms with van der Waals surface area (Å²) in [6.07, 6.45) is 1.95. The van der Waals surface area contributed by atoms with E-state index in [9.17, 15) is 13.5 Å². The minimum atomic E-state index is -3.82. The topological polar surface area (TPSA) is 96.7 Å². The van der Waals surface area contributed by atoms with Gasteiger partial charge in [0.25, 0.3) is 0 Å². The van der Waals surface area contributed by atoms with Gasteiger partial charge >= 0.3 is 0 Å². The molecule has 0 saturated heterocycles. The first kappa shape index (κ1) is 25.7. The van der Waals surface area contributed by atoms with Crippen LogP contribution in [0.5, 0.6) is 5.75 Å². The van der Waals surface area contributed by atoms with Gasteiger partial charge in [0, 0.05) is 30.6 Å². The zero-order valence-electron chi connectivity index (χ0n) is 21.5. The maximum atomic E-state index is 15.8. The highest BCUT2D eigenvalue weighted by molar-refractivity contribution is 7.89. The molecule has 0 radical (unpaired) electrons. The normalized spacial score (nSPS) is 21.2. The summed E-state index contributed by atoms with van der Waals surface area (Å²) < 4.78 is 50.4. The van der Waals surface area contributed by atoms with Crippen molar-refractivity contribution < 1.29 is 22.7 Å². The van der Waals surface area contributed by atoms with E-state index in [1.165, 1.54) is 16.4 Å². The number of nitrogens with one attached hydrogen (secondary N) is 1. The molecule has 0 spiro atoms. The van der Waals surface area contributed by atoms with Crippen LogP contribution in [0.25, 0.3) is 0 Å². The number of hydrogen-bond acceptors (Lipinski definition) is 6. The number of aromatic nitrogens is 2. The highest BCUT2D eigenvalue weighted by Gasteiger charge is 2.37. The van der Waals surface area contributed by atoms with Crippen LogP contribution in [0.2, 0.25) is 0 Å². The fourth-order valence-corrected chi connectivity index (χ4v) is 6.73. The van der Waals surface area contributed by atoms with Crippen molar-refractivity contribution in [1.29, 1.82) is 0 Å². The van der Waals surface area contributed by atoms with Gasteiger partial charge in [-0.3, -0.25) is 0 Å². The van der Waals surface area contributed by atoms with Crippen LogP contribution in [0, 0.1) is 5.82 Å². The molecular formula is C27H33FN4O4S. The second kappa shape index (κ2) is 9.41. The molecular weight excluding hydrogens is 495 g/mol. The fraction of sp³-hybridized carbons (Fsp3) is 0.444. The van der Waals surface area contributed by atoms with Gasteiger partial charge < -0.3 is 15.2 Å². The Hall–Kier alpha value is -2.95. The Kier molecular flexibility index (Phi) is 6.54. The number of anilines is 2. The maximum Gasteiger partial charge on any atom is 0.244 e. The van der Waals surface area contributed by atoms with E-state index in [0.717, 1.165) is 24.1 Å². The first-order valence-corrected chi connectivity index (χ1v) is 13.9. The summed E-state index contributed by atoms with van der Waals surface area (Å²) in [7, 11) is -2.25. The molecule has 2 aromatic carbocycles. The number of rotatable bonds is 6. The summed E-state index contributed by atoms with van der Waals surface area (Å²) in [6.45, 7) is 6.13. The summed E-state index contributed by atoms with van der Waals surface area (Å²) in [6, 6.07) is 12.0. The molecule has 1 aliphatic heterocycles. The van der Waals surface area contributed by atoms with Crippen molar-refractivity contribution in [3.05, 3.63) is 65.1 Å². The summed E-state index contributed by atoms with van der Waals surface area (Å²) in [5, 5.41) is 18.0. The highest BCUT2D eigenvalue weighted by Crippen LogP contribution is 2.39. The first-order chi connectivity index (χ1) is 17.5. The third-order valence-corrected chi connectivity index (χ3v) is 9.00. The standard InChI is InChI=1S/C27H33FN4O4S/c1-27(2,3)32-25(14-23(30-32)18-7-8-19(33)13-18)29-22-11-12-24-21(26(22)28)16-31(37(24,34)35)15-17-5-9-20(36-4)10-6-17/h5-6,9-12,14,18-19,29,33H,7-8,13,15-16H2,1-4H3. The Morgan fingerprint density at radius 3 is 2.51 bits per heavy atom. The molecule has 3 aromatic rings. The van der Waals surface area contributed by atoms with E-state index < -0.39 is 15.8 Å². The van der Waals surface area contributed by atoms with Gasteiger partial charge in [-0.25, -0.2) is 17.5 Å². The molecule has 198 valence electrons. The van der Waals surface area contributed by atoms with Crippen molar-refractivity contribution in [3.8, 4) is 5.75 Å². The fourth-order valence-electron chi connectivity index (χ4n) is 5.13. The van der Waals surface area contributed by atoms with Gasteiger partial charge in [-0.15, -0.1) is 0 Å². The van der Waals surface area contributed by atoms with Gasteiger partial charge in [0.05, 0.1) is 35.0 Å². The third-order valence-electron chi connectivity index (χ3n) is 7.12. The highest BCUT2D eigenvalue weighted by atomic mass is 32.2. The predicted molar refractivity (Wildman–Crippen MR) is 139 cm³/mol. The van der Waals surface area contributed by atoms with Crippen molar-refractivity contribution in [2.75, 3.05) is 12.4 Å². The summed E-state index contributed by atoms with van der Waals surface area (Å²) in [5.41, 5.74) is 1.63. The van der Waals surface area contributed by atoms with Gasteiger partial charge in [-0.1, -0.05) is 12.1 Å². The molecule has 1 aliphatic carbocycles. The van der Waals surface area contributed by atoms with E-state index in [4.69, 9.17) is 9.84 Å². The zero-order valence-corrected chi connectivity index (χ0v) is 22.3. The van der Waals surface area contributed by atoms with E-state index in [0.29, 0.717) is 18.0 Å². The van der Waals surface area contributed by atoms with Crippen molar-refractivity contribution in [3.63, 3.8) is 0 Å². The number of halogens is 1. The molecule has 2 unspecified atom stereocenters. The van der Waals surface area contributed by atoms with Crippen LogP contribution in [0.3, 0.4) is 0 Å². The average Bonchev–Trinajstić information content (AvgIpc) is 3.53. The number of sulfonamides is 1. The number of benzene rings is 2. The number of fused-ring (bicyclic) bond motifs is 1. The lowest BCUT2D eigenvalue weighted by atomic mass is 10.0. The quantitative estimate of drug-likeness (QED) is 0.474. The first-order valence-electron chi connectivity index (χ1n) is 12.5. The summed E-state index contributed by atoms with van der Waals surface area (Å²) in [4.78, 5) is -0.00553. The Balaban J connectivity index is 1.43. The summed E-state index contributed by atoms with van der Waals surface area (Å²) in [5.74, 6) is 0.872. The smallest absolute Gasteiger partial charge is 0.244 e. The number of nitrogens with zero attached hydrogens (tertiary/aromatic N) is 3. The van der Waals surface area contributed by atoms with Crippen molar-refractivity contribution in [2.45, 2.75) is 75.6 Å². The third kappa shape index (κ3) is 4.85. The van der Waals surface area contributed by atoms with Gasteiger partial charge in [0.1, 0.15) is 11.6 Å². The molecule has 2 atom stereocenters. The molecule has 2 aliphatic rings. The second-order valence-electron chi connectivity index (χ2n) is 10.9. The number of hydrogen-bond donors (Lipinski definition) is 2.